The van der Waals surface area contributed by atoms with E-state index < -0.39 is 0 Å². The predicted molar refractivity (Wildman–Crippen MR) is 54.2 cm³/mol. The zero-order valence-corrected chi connectivity index (χ0v) is 7.71. The highest BCUT2D eigenvalue weighted by molar-refractivity contribution is 5.81. The number of hydrogen-bond donors (Lipinski definition) is 2. The normalized spacial score (nSPS) is 10.1. The Morgan fingerprint density at radius 3 is 2.79 bits per heavy atom. The third kappa shape index (κ3) is 3.10. The van der Waals surface area contributed by atoms with Gasteiger partial charge in [-0.05, 0) is 6.07 Å². The van der Waals surface area contributed by atoms with Gasteiger partial charge in [-0.2, -0.15) is 5.10 Å². The van der Waals surface area contributed by atoms with Gasteiger partial charge in [0.2, 0.25) is 11.8 Å². The second kappa shape index (κ2) is 4.80. The van der Waals surface area contributed by atoms with E-state index in [1.54, 1.807) is 25.4 Å². The van der Waals surface area contributed by atoms with Gasteiger partial charge in [0, 0.05) is 17.8 Å². The average Bonchev–Trinajstić information content (AvgIpc) is 2.18. The largest absolute Gasteiger partial charge is 0.481 e. The molecule has 0 aliphatic heterocycles. The molecule has 0 aliphatic rings. The number of nitrogens with zero attached hydrogens (tertiary/aromatic N) is 3. The molecule has 4 N–H and O–H groups in total. The smallest absolute Gasteiger partial charge is 0.212 e. The van der Waals surface area contributed by atoms with E-state index in [4.69, 9.17) is 16.2 Å². The predicted octanol–water partition coefficient (Wildman–Crippen LogP) is -0.302. The molecule has 1 aromatic rings. The Bertz CT molecular complexity index is 339. The van der Waals surface area contributed by atoms with Crippen LogP contribution in [0.5, 0.6) is 5.88 Å². The molecule has 0 saturated carbocycles. The van der Waals surface area contributed by atoms with Crippen LogP contribution in [0, 0.1) is 0 Å². The van der Waals surface area contributed by atoms with Crippen LogP contribution in [-0.2, 0) is 0 Å². The van der Waals surface area contributed by atoms with Crippen LogP contribution in [0.15, 0.2) is 28.5 Å². The summed E-state index contributed by atoms with van der Waals surface area (Å²) in [6.45, 7) is 0. The maximum atomic E-state index is 5.08. The van der Waals surface area contributed by atoms with Crippen LogP contribution in [0.25, 0.3) is 0 Å². The topological polar surface area (TPSA) is 98.9 Å². The SMILES string of the molecule is COc1ccc(/C=N/N=C(N)N)cn1. The Labute approximate surface area is 81.3 Å². The van der Waals surface area contributed by atoms with Crippen LogP contribution in [0.1, 0.15) is 5.56 Å². The second-order valence-corrected chi connectivity index (χ2v) is 2.40. The summed E-state index contributed by atoms with van der Waals surface area (Å²) in [5.74, 6) is 0.465. The van der Waals surface area contributed by atoms with Gasteiger partial charge in [0.05, 0.1) is 13.3 Å². The van der Waals surface area contributed by atoms with E-state index in [2.05, 4.69) is 15.2 Å². The standard InChI is InChI=1S/C8H11N5O/c1-14-7-3-2-6(4-11-7)5-12-13-8(9)10/h2-5H,1H3,(H4,9,10,13)/b12-5+. The first-order valence-electron chi connectivity index (χ1n) is 3.84. The van der Waals surface area contributed by atoms with Gasteiger partial charge in [-0.25, -0.2) is 4.98 Å². The lowest BCUT2D eigenvalue weighted by Crippen LogP contribution is -2.21. The van der Waals surface area contributed by atoms with Crippen molar-refractivity contribution in [3.05, 3.63) is 23.9 Å². The fraction of sp³-hybridized carbons (Fsp3) is 0.125. The monoisotopic (exact) mass is 193 g/mol. The van der Waals surface area contributed by atoms with Crippen molar-refractivity contribution in [2.75, 3.05) is 7.11 Å². The maximum absolute atomic E-state index is 5.08. The number of guanidine groups is 1. The summed E-state index contributed by atoms with van der Waals surface area (Å²) in [6, 6.07) is 3.51. The number of aromatic nitrogens is 1. The minimum Gasteiger partial charge on any atom is -0.481 e. The molecule has 0 bridgehead atoms. The molecule has 0 fully saturated rings. The van der Waals surface area contributed by atoms with E-state index in [-0.39, 0.29) is 5.96 Å². The second-order valence-electron chi connectivity index (χ2n) is 2.40. The lowest BCUT2D eigenvalue weighted by Gasteiger charge is -1.96. The van der Waals surface area contributed by atoms with E-state index in [9.17, 15) is 0 Å². The van der Waals surface area contributed by atoms with Gasteiger partial charge in [0.1, 0.15) is 0 Å². The zero-order valence-electron chi connectivity index (χ0n) is 7.71. The molecular formula is C8H11N5O. The van der Waals surface area contributed by atoms with E-state index in [0.29, 0.717) is 5.88 Å². The van der Waals surface area contributed by atoms with Crippen LogP contribution in [-0.4, -0.2) is 24.3 Å². The van der Waals surface area contributed by atoms with Crippen molar-refractivity contribution in [3.8, 4) is 5.88 Å². The molecule has 6 nitrogen and oxygen atoms in total. The van der Waals surface area contributed by atoms with Crippen LogP contribution >= 0.6 is 0 Å². The van der Waals surface area contributed by atoms with Crippen LogP contribution in [0.4, 0.5) is 0 Å². The Morgan fingerprint density at radius 1 is 1.50 bits per heavy atom. The summed E-state index contributed by atoms with van der Waals surface area (Å²) in [4.78, 5) is 3.97. The maximum Gasteiger partial charge on any atom is 0.212 e. The van der Waals surface area contributed by atoms with Crippen molar-refractivity contribution in [1.29, 1.82) is 0 Å². The quantitative estimate of drug-likeness (QED) is 0.391. The minimum atomic E-state index is -0.0808. The van der Waals surface area contributed by atoms with Crippen molar-refractivity contribution in [2.45, 2.75) is 0 Å². The highest BCUT2D eigenvalue weighted by atomic mass is 16.5. The molecule has 74 valence electrons. The molecule has 0 atom stereocenters. The molecule has 0 amide bonds. The van der Waals surface area contributed by atoms with Crippen molar-refractivity contribution in [2.24, 2.45) is 21.7 Å². The van der Waals surface area contributed by atoms with E-state index in [1.807, 2.05) is 0 Å². The Kier molecular flexibility index (Phi) is 3.42. The summed E-state index contributed by atoms with van der Waals surface area (Å²) in [7, 11) is 1.55. The lowest BCUT2D eigenvalue weighted by atomic mass is 10.3. The first kappa shape index (κ1) is 9.97. The fourth-order valence-electron chi connectivity index (χ4n) is 0.751. The lowest BCUT2D eigenvalue weighted by molar-refractivity contribution is 0.398. The Hall–Kier alpha value is -2.11. The molecule has 0 saturated heterocycles. The first-order valence-corrected chi connectivity index (χ1v) is 3.84. The number of nitrogens with two attached hydrogens (primary N) is 2. The summed E-state index contributed by atoms with van der Waals surface area (Å²) < 4.78 is 4.89. The van der Waals surface area contributed by atoms with Crippen LogP contribution in [0.3, 0.4) is 0 Å². The molecule has 0 aromatic carbocycles. The molecule has 0 aliphatic carbocycles. The van der Waals surface area contributed by atoms with Gasteiger partial charge in [-0.15, -0.1) is 5.10 Å². The van der Waals surface area contributed by atoms with Gasteiger partial charge in [0.15, 0.2) is 0 Å². The molecule has 1 aromatic heterocycles. The number of ether oxygens (including phenoxy) is 1. The van der Waals surface area contributed by atoms with Crippen molar-refractivity contribution in [1.82, 2.24) is 4.98 Å². The van der Waals surface area contributed by atoms with Gasteiger partial charge in [0.25, 0.3) is 0 Å². The minimum absolute atomic E-state index is 0.0808. The summed E-state index contributed by atoms with van der Waals surface area (Å²) >= 11 is 0. The number of hydrogen-bond acceptors (Lipinski definition) is 4. The van der Waals surface area contributed by atoms with Crippen LogP contribution < -0.4 is 16.2 Å². The highest BCUT2D eigenvalue weighted by Crippen LogP contribution is 2.04. The molecule has 1 heterocycles. The van der Waals surface area contributed by atoms with Crippen molar-refractivity contribution < 1.29 is 4.74 Å². The van der Waals surface area contributed by atoms with Crippen LogP contribution in [0.2, 0.25) is 0 Å². The fourth-order valence-corrected chi connectivity index (χ4v) is 0.751. The van der Waals surface area contributed by atoms with Crippen molar-refractivity contribution >= 4 is 12.2 Å². The molecule has 0 unspecified atom stereocenters. The van der Waals surface area contributed by atoms with Gasteiger partial charge < -0.3 is 16.2 Å². The third-order valence-corrected chi connectivity index (χ3v) is 1.35. The Balaban J connectivity index is 2.69. The zero-order chi connectivity index (χ0) is 10.4. The van der Waals surface area contributed by atoms with E-state index >= 15 is 0 Å². The summed E-state index contributed by atoms with van der Waals surface area (Å²) in [5, 5.41) is 7.07. The number of pyridine rings is 1. The average molecular weight is 193 g/mol. The van der Waals surface area contributed by atoms with E-state index in [1.165, 1.54) is 6.21 Å². The summed E-state index contributed by atoms with van der Waals surface area (Å²) in [6.07, 6.45) is 3.09. The molecule has 6 heteroatoms. The molecular weight excluding hydrogens is 182 g/mol. The molecule has 0 spiro atoms. The molecule has 1 rings (SSSR count). The highest BCUT2D eigenvalue weighted by Gasteiger charge is 1.91. The Morgan fingerprint density at radius 2 is 2.29 bits per heavy atom. The number of rotatable bonds is 3. The first-order chi connectivity index (χ1) is 6.72. The van der Waals surface area contributed by atoms with Gasteiger partial charge >= 0.3 is 0 Å². The van der Waals surface area contributed by atoms with Gasteiger partial charge in [-0.3, -0.25) is 0 Å². The van der Waals surface area contributed by atoms with Crippen molar-refractivity contribution in [3.63, 3.8) is 0 Å². The molecule has 14 heavy (non-hydrogen) atoms. The third-order valence-electron chi connectivity index (χ3n) is 1.35. The number of methoxy groups -OCH3 is 1. The molecule has 0 radical (unpaired) electrons. The van der Waals surface area contributed by atoms with E-state index in [0.717, 1.165) is 5.56 Å². The van der Waals surface area contributed by atoms with Gasteiger partial charge in [-0.1, -0.05) is 0 Å². The summed E-state index contributed by atoms with van der Waals surface area (Å²) in [5.41, 5.74) is 10.9.